The van der Waals surface area contributed by atoms with Crippen LogP contribution in [0.5, 0.6) is 0 Å². The third-order valence-electron chi connectivity index (χ3n) is 9.65. The van der Waals surface area contributed by atoms with E-state index < -0.39 is 11.6 Å². The van der Waals surface area contributed by atoms with Gasteiger partial charge in [0, 0.05) is 5.92 Å². The van der Waals surface area contributed by atoms with Crippen LogP contribution in [0.15, 0.2) is 24.3 Å². The largest absolute Gasteiger partial charge is 0.203 e. The summed E-state index contributed by atoms with van der Waals surface area (Å²) in [6.45, 7) is 4.50. The molecule has 0 nitrogen and oxygen atoms in total. The van der Waals surface area contributed by atoms with Crippen LogP contribution in [-0.2, 0) is 0 Å². The lowest BCUT2D eigenvalue weighted by atomic mass is 9.68. The zero-order valence-corrected chi connectivity index (χ0v) is 21.8. The lowest BCUT2D eigenvalue weighted by molar-refractivity contribution is 0.155. The average molecular weight is 471 g/mol. The number of benzene rings is 1. The van der Waals surface area contributed by atoms with Gasteiger partial charge in [0.05, 0.1) is 0 Å². The summed E-state index contributed by atoms with van der Waals surface area (Å²) in [6, 6.07) is 3.82. The number of unbranched alkanes of at least 4 members (excludes halogenated alkanes) is 2. The van der Waals surface area contributed by atoms with Crippen LogP contribution in [-0.4, -0.2) is 0 Å². The minimum atomic E-state index is -0.579. The maximum absolute atomic E-state index is 15.2. The number of rotatable bonds is 9. The van der Waals surface area contributed by atoms with Crippen molar-refractivity contribution in [1.82, 2.24) is 0 Å². The van der Waals surface area contributed by atoms with E-state index in [-0.39, 0.29) is 11.8 Å². The van der Waals surface area contributed by atoms with Crippen LogP contribution < -0.4 is 0 Å². The van der Waals surface area contributed by atoms with Crippen LogP contribution in [0.4, 0.5) is 8.78 Å². The predicted molar refractivity (Wildman–Crippen MR) is 140 cm³/mol. The lowest BCUT2D eigenvalue weighted by Crippen LogP contribution is -2.25. The molecule has 1 aromatic rings. The van der Waals surface area contributed by atoms with Crippen molar-refractivity contribution in [2.75, 3.05) is 0 Å². The Morgan fingerprint density at radius 2 is 1.29 bits per heavy atom. The summed E-state index contributed by atoms with van der Waals surface area (Å²) < 4.78 is 30.4. The molecular formula is C32H48F2. The molecule has 3 aliphatic rings. The third kappa shape index (κ3) is 6.33. The molecular weight excluding hydrogens is 422 g/mol. The van der Waals surface area contributed by atoms with Crippen molar-refractivity contribution in [3.05, 3.63) is 47.0 Å². The van der Waals surface area contributed by atoms with E-state index >= 15 is 8.78 Å². The summed E-state index contributed by atoms with van der Waals surface area (Å²) in [5.74, 6) is 2.35. The van der Waals surface area contributed by atoms with Gasteiger partial charge in [-0.1, -0.05) is 83.1 Å². The molecule has 3 aliphatic carbocycles. The molecule has 0 radical (unpaired) electrons. The molecule has 190 valence electrons. The molecule has 2 fully saturated rings. The molecule has 0 amide bonds. The van der Waals surface area contributed by atoms with Gasteiger partial charge in [-0.05, 0) is 98.5 Å². The van der Waals surface area contributed by atoms with Crippen LogP contribution in [0.25, 0.3) is 0 Å². The van der Waals surface area contributed by atoms with Gasteiger partial charge in [-0.2, -0.15) is 0 Å². The van der Waals surface area contributed by atoms with Crippen LogP contribution in [0, 0.1) is 35.3 Å². The fourth-order valence-corrected chi connectivity index (χ4v) is 7.46. The Bertz CT molecular complexity index is 780. The molecule has 2 heteroatoms. The van der Waals surface area contributed by atoms with Crippen LogP contribution in [0.2, 0.25) is 0 Å². The number of allylic oxidation sites excluding steroid dienone is 2. The number of halogens is 2. The van der Waals surface area contributed by atoms with Crippen molar-refractivity contribution in [1.29, 1.82) is 0 Å². The van der Waals surface area contributed by atoms with Crippen molar-refractivity contribution < 1.29 is 8.78 Å². The summed E-state index contributed by atoms with van der Waals surface area (Å²) in [5.41, 5.74) is 1.21. The van der Waals surface area contributed by atoms with E-state index in [0.717, 1.165) is 43.4 Å². The Balaban J connectivity index is 1.29. The van der Waals surface area contributed by atoms with Gasteiger partial charge in [0.2, 0.25) is 0 Å². The molecule has 2 atom stereocenters. The van der Waals surface area contributed by atoms with Gasteiger partial charge < -0.3 is 0 Å². The SMILES string of the molecule is CCCCCC1CCC(C2CCC(c3ccc(C4C=CC(CCC)CC4)c(F)c3F)CC2)CC1. The number of hydrogen-bond donors (Lipinski definition) is 0. The summed E-state index contributed by atoms with van der Waals surface area (Å²) in [6.07, 6.45) is 24.4. The zero-order chi connectivity index (χ0) is 23.9. The Labute approximate surface area is 208 Å². The average Bonchev–Trinajstić information content (AvgIpc) is 2.87. The minimum absolute atomic E-state index is 0.0319. The second kappa shape index (κ2) is 12.7. The highest BCUT2D eigenvalue weighted by Crippen LogP contribution is 2.45. The first kappa shape index (κ1) is 25.9. The van der Waals surface area contributed by atoms with Crippen molar-refractivity contribution in [3.63, 3.8) is 0 Å². The third-order valence-corrected chi connectivity index (χ3v) is 9.65. The Kier molecular flexibility index (Phi) is 9.66. The van der Waals surface area contributed by atoms with Gasteiger partial charge in [0.1, 0.15) is 0 Å². The maximum atomic E-state index is 15.2. The zero-order valence-electron chi connectivity index (χ0n) is 21.8. The highest BCUT2D eigenvalue weighted by Gasteiger charge is 2.33. The minimum Gasteiger partial charge on any atom is -0.203 e. The highest BCUT2D eigenvalue weighted by atomic mass is 19.2. The van der Waals surface area contributed by atoms with Gasteiger partial charge >= 0.3 is 0 Å². The van der Waals surface area contributed by atoms with Crippen LogP contribution in [0.1, 0.15) is 140 Å². The van der Waals surface area contributed by atoms with Crippen LogP contribution >= 0.6 is 0 Å². The summed E-state index contributed by atoms with van der Waals surface area (Å²) in [4.78, 5) is 0. The quantitative estimate of drug-likeness (QED) is 0.249. The van der Waals surface area contributed by atoms with Crippen molar-refractivity contribution in [3.8, 4) is 0 Å². The van der Waals surface area contributed by atoms with E-state index in [1.54, 1.807) is 0 Å². The molecule has 0 saturated heterocycles. The summed E-state index contributed by atoms with van der Waals surface area (Å²) in [5, 5.41) is 0. The molecule has 2 unspecified atom stereocenters. The van der Waals surface area contributed by atoms with E-state index in [9.17, 15) is 0 Å². The molecule has 0 aliphatic heterocycles. The first-order chi connectivity index (χ1) is 16.6. The van der Waals surface area contributed by atoms with Crippen LogP contribution in [0.3, 0.4) is 0 Å². The maximum Gasteiger partial charge on any atom is 0.162 e. The van der Waals surface area contributed by atoms with E-state index in [1.165, 1.54) is 77.0 Å². The smallest absolute Gasteiger partial charge is 0.162 e. The molecule has 4 rings (SSSR count). The summed E-state index contributed by atoms with van der Waals surface area (Å²) >= 11 is 0. The fourth-order valence-electron chi connectivity index (χ4n) is 7.46. The normalized spacial score (nSPS) is 32.1. The number of hydrogen-bond acceptors (Lipinski definition) is 0. The second-order valence-corrected chi connectivity index (χ2v) is 11.9. The molecule has 0 heterocycles. The first-order valence-corrected chi connectivity index (χ1v) is 14.8. The predicted octanol–water partition coefficient (Wildman–Crippen LogP) is 10.5. The van der Waals surface area contributed by atoms with Gasteiger partial charge in [-0.3, -0.25) is 0 Å². The van der Waals surface area contributed by atoms with Gasteiger partial charge in [-0.25, -0.2) is 8.78 Å². The van der Waals surface area contributed by atoms with Gasteiger partial charge in [0.15, 0.2) is 11.6 Å². The van der Waals surface area contributed by atoms with E-state index in [2.05, 4.69) is 26.0 Å². The Hall–Kier alpha value is -1.18. The van der Waals surface area contributed by atoms with Gasteiger partial charge in [-0.15, -0.1) is 0 Å². The summed E-state index contributed by atoms with van der Waals surface area (Å²) in [7, 11) is 0. The van der Waals surface area contributed by atoms with E-state index in [4.69, 9.17) is 0 Å². The van der Waals surface area contributed by atoms with Crippen molar-refractivity contribution >= 4 is 0 Å². The molecule has 0 aromatic heterocycles. The topological polar surface area (TPSA) is 0 Å². The standard InChI is InChI=1S/C32H48F2/c1-3-5-6-8-24-9-13-25(14-10-24)26-17-19-28(20-18-26)30-22-21-29(31(33)32(30)34)27-15-11-23(7-4-2)12-16-27/h11,15,21-28H,3-10,12-14,16-20H2,1-2H3. The first-order valence-electron chi connectivity index (χ1n) is 14.8. The van der Waals surface area contributed by atoms with E-state index in [0.29, 0.717) is 17.0 Å². The molecule has 2 saturated carbocycles. The molecule has 0 N–H and O–H groups in total. The van der Waals surface area contributed by atoms with Gasteiger partial charge in [0.25, 0.3) is 0 Å². The lowest BCUT2D eigenvalue weighted by Gasteiger charge is -2.38. The Morgan fingerprint density at radius 3 is 1.91 bits per heavy atom. The van der Waals surface area contributed by atoms with E-state index in [1.807, 2.05) is 12.1 Å². The molecule has 0 bridgehead atoms. The molecule has 0 spiro atoms. The molecule has 1 aromatic carbocycles. The van der Waals surface area contributed by atoms with Crippen molar-refractivity contribution in [2.45, 2.75) is 128 Å². The second-order valence-electron chi connectivity index (χ2n) is 11.9. The highest BCUT2D eigenvalue weighted by molar-refractivity contribution is 5.34. The monoisotopic (exact) mass is 470 g/mol. The molecule has 34 heavy (non-hydrogen) atoms. The Morgan fingerprint density at radius 1 is 0.647 bits per heavy atom. The van der Waals surface area contributed by atoms with Crippen molar-refractivity contribution in [2.24, 2.45) is 23.7 Å². The fraction of sp³-hybridized carbons (Fsp3) is 0.750.